The van der Waals surface area contributed by atoms with E-state index in [0.717, 1.165) is 25.9 Å². The number of piperidine rings is 1. The summed E-state index contributed by atoms with van der Waals surface area (Å²) < 4.78 is 31.9. The molecule has 2 saturated heterocycles. The van der Waals surface area contributed by atoms with Crippen LogP contribution in [0.4, 0.5) is 0 Å². The highest BCUT2D eigenvalue weighted by Crippen LogP contribution is 2.83. The van der Waals surface area contributed by atoms with Crippen molar-refractivity contribution in [1.82, 2.24) is 4.90 Å². The van der Waals surface area contributed by atoms with Gasteiger partial charge in [-0.05, 0) is 31.2 Å². The van der Waals surface area contributed by atoms with Crippen LogP contribution in [0, 0.1) is 28.6 Å². The van der Waals surface area contributed by atoms with Crippen LogP contribution in [-0.4, -0.2) is 102 Å². The molecule has 2 heterocycles. The summed E-state index contributed by atoms with van der Waals surface area (Å²) in [6.45, 7) is 7.50. The molecule has 2 aliphatic heterocycles. The molecule has 0 amide bonds. The highest BCUT2D eigenvalue weighted by Gasteiger charge is 2.97. The number of ether oxygens (including phenoxy) is 5. The Labute approximate surface area is 206 Å². The smallest absolute Gasteiger partial charge is 0.303 e. The van der Waals surface area contributed by atoms with Gasteiger partial charge in [-0.25, -0.2) is 0 Å². The van der Waals surface area contributed by atoms with E-state index >= 15 is 0 Å². The minimum atomic E-state index is -1.29. The van der Waals surface area contributed by atoms with Gasteiger partial charge in [-0.15, -0.1) is 0 Å². The molecule has 3 spiro atoms. The molecule has 0 aromatic heterocycles. The number of carbonyl (C=O) groups is 1. The molecule has 9 nitrogen and oxygen atoms in total. The van der Waals surface area contributed by atoms with Crippen molar-refractivity contribution in [3.63, 3.8) is 0 Å². The second-order valence-electron chi connectivity index (χ2n) is 12.7. The molecule has 9 heteroatoms. The van der Waals surface area contributed by atoms with Gasteiger partial charge in [0.05, 0.1) is 35.4 Å². The molecule has 7 bridgehead atoms. The van der Waals surface area contributed by atoms with Crippen molar-refractivity contribution in [2.45, 2.75) is 93.7 Å². The summed E-state index contributed by atoms with van der Waals surface area (Å²) in [5.74, 6) is -1.33. The monoisotopic (exact) mass is 493 g/mol. The van der Waals surface area contributed by atoms with E-state index in [-0.39, 0.29) is 48.3 Å². The van der Waals surface area contributed by atoms with E-state index in [0.29, 0.717) is 12.8 Å². The Morgan fingerprint density at radius 2 is 1.94 bits per heavy atom. The molecule has 7 rings (SSSR count). The molecule has 13 atom stereocenters. The Morgan fingerprint density at radius 3 is 2.60 bits per heavy atom. The van der Waals surface area contributed by atoms with E-state index in [1.54, 1.807) is 14.2 Å². The number of carbonyl (C=O) groups excluding carboxylic acids is 1. The Bertz CT molecular complexity index is 964. The molecular formula is C26H39NO8. The van der Waals surface area contributed by atoms with Gasteiger partial charge in [0.2, 0.25) is 0 Å². The molecule has 5 unspecified atom stereocenters. The van der Waals surface area contributed by atoms with Gasteiger partial charge < -0.3 is 33.9 Å². The fourth-order valence-corrected chi connectivity index (χ4v) is 11.5. The molecule has 0 radical (unpaired) electrons. The quantitative estimate of drug-likeness (QED) is 0.547. The Morgan fingerprint density at radius 1 is 1.17 bits per heavy atom. The molecule has 0 aromatic rings. The number of nitrogens with zero attached hydrogens (tertiary/aromatic N) is 1. The van der Waals surface area contributed by atoms with Gasteiger partial charge in [0.25, 0.3) is 0 Å². The number of fused-ring (bicyclic) bond motifs is 1. The summed E-state index contributed by atoms with van der Waals surface area (Å²) in [4.78, 5) is 15.1. The zero-order valence-corrected chi connectivity index (χ0v) is 21.4. The van der Waals surface area contributed by atoms with Gasteiger partial charge in [-0.3, -0.25) is 9.69 Å². The van der Waals surface area contributed by atoms with Crippen LogP contribution in [0.5, 0.6) is 0 Å². The largest absolute Gasteiger partial charge is 0.459 e. The van der Waals surface area contributed by atoms with E-state index in [1.165, 1.54) is 6.92 Å². The van der Waals surface area contributed by atoms with Crippen molar-refractivity contribution in [2.24, 2.45) is 28.6 Å². The van der Waals surface area contributed by atoms with E-state index < -0.39 is 40.3 Å². The maximum Gasteiger partial charge on any atom is 0.303 e. The average molecular weight is 494 g/mol. The fraction of sp³-hybridized carbons (Fsp3) is 0.962. The predicted molar refractivity (Wildman–Crippen MR) is 121 cm³/mol. The van der Waals surface area contributed by atoms with Crippen molar-refractivity contribution < 1.29 is 38.7 Å². The molecule has 196 valence electrons. The minimum absolute atomic E-state index is 0.0311. The third-order valence-corrected chi connectivity index (χ3v) is 11.9. The zero-order chi connectivity index (χ0) is 24.8. The van der Waals surface area contributed by atoms with Crippen LogP contribution in [0.1, 0.15) is 46.5 Å². The minimum Gasteiger partial charge on any atom is -0.459 e. The van der Waals surface area contributed by atoms with Gasteiger partial charge in [-0.2, -0.15) is 0 Å². The lowest BCUT2D eigenvalue weighted by atomic mass is 9.41. The number of aliphatic hydroxyl groups is 2. The van der Waals surface area contributed by atoms with Crippen molar-refractivity contribution in [3.8, 4) is 0 Å². The molecule has 7 aliphatic rings. The lowest BCUT2D eigenvalue weighted by Gasteiger charge is -2.71. The summed E-state index contributed by atoms with van der Waals surface area (Å²) in [7, 11) is 3.39. The van der Waals surface area contributed by atoms with Gasteiger partial charge in [0, 0.05) is 51.9 Å². The topological polar surface area (TPSA) is 107 Å². The van der Waals surface area contributed by atoms with Crippen LogP contribution < -0.4 is 0 Å². The predicted octanol–water partition coefficient (Wildman–Crippen LogP) is 0.696. The maximum absolute atomic E-state index is 13.2. The Balaban J connectivity index is 1.61. The number of likely N-dealkylation sites (N-methyl/N-ethyl adjacent to an activating group) is 1. The summed E-state index contributed by atoms with van der Waals surface area (Å²) >= 11 is 0. The number of likely N-dealkylation sites (tertiary alicyclic amines) is 1. The number of esters is 1. The van der Waals surface area contributed by atoms with Crippen LogP contribution in [-0.2, 0) is 28.5 Å². The first-order valence-electron chi connectivity index (χ1n) is 13.3. The third-order valence-electron chi connectivity index (χ3n) is 11.9. The molecule has 35 heavy (non-hydrogen) atoms. The number of hydrogen-bond donors (Lipinski definition) is 2. The molecule has 2 N–H and O–H groups in total. The highest BCUT2D eigenvalue weighted by atomic mass is 16.7. The van der Waals surface area contributed by atoms with Crippen LogP contribution in [0.3, 0.4) is 0 Å². The Hall–Kier alpha value is -0.810. The van der Waals surface area contributed by atoms with E-state index in [4.69, 9.17) is 23.7 Å². The number of aliphatic hydroxyl groups excluding tert-OH is 1. The number of rotatable bonds is 4. The summed E-state index contributed by atoms with van der Waals surface area (Å²) in [5, 5.41) is 25.0. The van der Waals surface area contributed by atoms with Gasteiger partial charge in [0.15, 0.2) is 5.60 Å². The van der Waals surface area contributed by atoms with E-state index in [1.807, 2.05) is 0 Å². The van der Waals surface area contributed by atoms with E-state index in [9.17, 15) is 15.0 Å². The van der Waals surface area contributed by atoms with Crippen LogP contribution >= 0.6 is 0 Å². The van der Waals surface area contributed by atoms with Gasteiger partial charge >= 0.3 is 5.97 Å². The highest BCUT2D eigenvalue weighted by molar-refractivity contribution is 5.67. The number of methoxy groups -OCH3 is 2. The molecule has 7 fully saturated rings. The average Bonchev–Trinajstić information content (AvgIpc) is 3.34. The second-order valence-corrected chi connectivity index (χ2v) is 12.7. The van der Waals surface area contributed by atoms with Gasteiger partial charge in [0.1, 0.15) is 18.5 Å². The van der Waals surface area contributed by atoms with E-state index in [2.05, 4.69) is 18.7 Å². The zero-order valence-electron chi connectivity index (χ0n) is 21.4. The third kappa shape index (κ3) is 2.09. The summed E-state index contributed by atoms with van der Waals surface area (Å²) in [5.41, 5.74) is -4.39. The maximum atomic E-state index is 13.2. The standard InChI is InChI=1S/C26H39NO8/c1-6-27-11-22(3)8-7-16(32-5)25-19(22)20(35-13(2)28)26(21(25)27)24(33-12-34-26)10-15(31-4)14-9-23(25,30)18(24)17(14)29/h14-21,29-30H,6-12H2,1-5H3/t14?,15-,16?,17?,18-,19+,20-,21+,22-,23-,24+,25?,26?/m0/s1. The van der Waals surface area contributed by atoms with Crippen LogP contribution in [0.15, 0.2) is 0 Å². The normalized spacial score (nSPS) is 61.6. The fourth-order valence-electron chi connectivity index (χ4n) is 11.5. The van der Waals surface area contributed by atoms with Crippen molar-refractivity contribution in [1.29, 1.82) is 0 Å². The Kier molecular flexibility index (Phi) is 4.52. The molecule has 0 aromatic carbocycles. The SMILES string of the molecule is CCN1C[C@]2(C)CCC(OC)C34[C@@H]1C1(OCO[C@@]15C[C@H](OC)C1C[C@]3(O)[C@@H]5C1O)[C@@H](OC(C)=O)[C@@H]42. The van der Waals surface area contributed by atoms with Crippen LogP contribution in [0.25, 0.3) is 0 Å². The molecular weight excluding hydrogens is 454 g/mol. The van der Waals surface area contributed by atoms with Crippen molar-refractivity contribution in [2.75, 3.05) is 34.1 Å². The lowest BCUT2D eigenvalue weighted by molar-refractivity contribution is -0.331. The first kappa shape index (κ1) is 23.3. The molecule has 5 saturated carbocycles. The van der Waals surface area contributed by atoms with Crippen molar-refractivity contribution >= 4 is 5.97 Å². The second kappa shape index (κ2) is 6.79. The first-order valence-corrected chi connectivity index (χ1v) is 13.3. The molecule has 5 aliphatic carbocycles. The van der Waals surface area contributed by atoms with Crippen molar-refractivity contribution in [3.05, 3.63) is 0 Å². The summed E-state index contributed by atoms with van der Waals surface area (Å²) in [6, 6.07) is -0.280. The van der Waals surface area contributed by atoms with Gasteiger partial charge in [-0.1, -0.05) is 13.8 Å². The summed E-state index contributed by atoms with van der Waals surface area (Å²) in [6.07, 6.45) is 0.601. The lowest BCUT2D eigenvalue weighted by Crippen LogP contribution is -2.85. The number of hydrogen-bond acceptors (Lipinski definition) is 9. The first-order chi connectivity index (χ1) is 16.6. The van der Waals surface area contributed by atoms with Crippen LogP contribution in [0.2, 0.25) is 0 Å².